The summed E-state index contributed by atoms with van der Waals surface area (Å²) in [5.74, 6) is -0.581. The lowest BCUT2D eigenvalue weighted by atomic mass is 9.90. The zero-order valence-electron chi connectivity index (χ0n) is 18.1. The van der Waals surface area contributed by atoms with Crippen LogP contribution in [0.2, 0.25) is 0 Å². The number of anilines is 2. The zero-order valence-corrected chi connectivity index (χ0v) is 19.6. The van der Waals surface area contributed by atoms with E-state index >= 15 is 0 Å². The highest BCUT2D eigenvalue weighted by molar-refractivity contribution is 9.10. The molecular weight excluding hydrogens is 484 g/mol. The first-order valence-electron chi connectivity index (χ1n) is 11.0. The maximum Gasteiger partial charge on any atom is 0.266 e. The zero-order chi connectivity index (χ0) is 22.9. The molecule has 0 saturated carbocycles. The molecule has 168 valence electrons. The van der Waals surface area contributed by atoms with Gasteiger partial charge in [-0.05, 0) is 60.5 Å². The summed E-state index contributed by atoms with van der Waals surface area (Å²) in [6, 6.07) is 23.9. The second-order valence-electron chi connectivity index (χ2n) is 8.07. The first kappa shape index (κ1) is 21.7. The maximum absolute atomic E-state index is 13.7. The van der Waals surface area contributed by atoms with E-state index in [4.69, 9.17) is 9.57 Å². The molecule has 33 heavy (non-hydrogen) atoms. The Hall–Kier alpha value is -3.16. The molecule has 2 heterocycles. The minimum Gasteiger partial charge on any atom is -0.494 e. The number of benzene rings is 3. The molecule has 7 heteroatoms. The van der Waals surface area contributed by atoms with Crippen molar-refractivity contribution < 1.29 is 19.2 Å². The Labute approximate surface area is 200 Å². The third-order valence-corrected chi connectivity index (χ3v) is 6.38. The fraction of sp³-hybridized carbons (Fsp3) is 0.231. The second kappa shape index (κ2) is 9.00. The van der Waals surface area contributed by atoms with Crippen LogP contribution >= 0.6 is 15.9 Å². The smallest absolute Gasteiger partial charge is 0.266 e. The predicted molar refractivity (Wildman–Crippen MR) is 129 cm³/mol. The fourth-order valence-corrected chi connectivity index (χ4v) is 4.83. The van der Waals surface area contributed by atoms with Crippen LogP contribution in [0.4, 0.5) is 11.4 Å². The lowest BCUT2D eigenvalue weighted by molar-refractivity contribution is -0.126. The molecule has 0 unspecified atom stereocenters. The molecule has 2 aliphatic heterocycles. The van der Waals surface area contributed by atoms with Crippen molar-refractivity contribution in [1.29, 1.82) is 0 Å². The van der Waals surface area contributed by atoms with Crippen LogP contribution in [-0.2, 0) is 14.4 Å². The summed E-state index contributed by atoms with van der Waals surface area (Å²) < 4.78 is 6.52. The Bertz CT molecular complexity index is 1170. The van der Waals surface area contributed by atoms with Gasteiger partial charge in [-0.1, -0.05) is 53.2 Å². The van der Waals surface area contributed by atoms with Gasteiger partial charge < -0.3 is 4.74 Å². The van der Waals surface area contributed by atoms with Crippen molar-refractivity contribution in [3.05, 3.63) is 88.9 Å². The van der Waals surface area contributed by atoms with Crippen molar-refractivity contribution >= 4 is 39.1 Å². The number of hydroxylamine groups is 1. The van der Waals surface area contributed by atoms with E-state index in [0.29, 0.717) is 18.0 Å². The van der Waals surface area contributed by atoms with E-state index in [1.807, 2.05) is 61.5 Å². The number of halogens is 1. The van der Waals surface area contributed by atoms with Gasteiger partial charge in [-0.2, -0.15) is 0 Å². The van der Waals surface area contributed by atoms with Gasteiger partial charge in [-0.3, -0.25) is 14.4 Å². The van der Waals surface area contributed by atoms with E-state index in [1.54, 1.807) is 29.3 Å². The normalized spacial score (nSPS) is 22.1. The van der Waals surface area contributed by atoms with Crippen LogP contribution < -0.4 is 14.7 Å². The molecule has 6 nitrogen and oxygen atoms in total. The summed E-state index contributed by atoms with van der Waals surface area (Å²) in [5.41, 5.74) is 2.21. The largest absolute Gasteiger partial charge is 0.494 e. The standard InChI is InChI=1S/C26H23BrN2O4/c1-2-15-32-21-13-11-19(12-14-21)28-25(30)22-23(17-7-6-8-18(27)16-17)29(33-24(22)26(28)31)20-9-4-3-5-10-20/h3-14,16,22-24H,2,15H2,1H3/t22-,23-,24+/m0/s1. The van der Waals surface area contributed by atoms with Crippen LogP contribution in [0.5, 0.6) is 5.75 Å². The highest BCUT2D eigenvalue weighted by Gasteiger charge is 2.60. The molecule has 0 radical (unpaired) electrons. The molecular formula is C26H23BrN2O4. The van der Waals surface area contributed by atoms with E-state index in [2.05, 4.69) is 15.9 Å². The first-order chi connectivity index (χ1) is 16.1. The predicted octanol–water partition coefficient (Wildman–Crippen LogP) is 5.29. The number of para-hydroxylation sites is 1. The van der Waals surface area contributed by atoms with Crippen LogP contribution in [0.25, 0.3) is 0 Å². The van der Waals surface area contributed by atoms with E-state index in [-0.39, 0.29) is 11.8 Å². The number of imide groups is 1. The van der Waals surface area contributed by atoms with Gasteiger partial charge in [0, 0.05) is 4.47 Å². The molecule has 0 N–H and O–H groups in total. The summed E-state index contributed by atoms with van der Waals surface area (Å²) in [4.78, 5) is 34.5. The molecule has 0 aromatic heterocycles. The van der Waals surface area contributed by atoms with Crippen molar-refractivity contribution in [3.8, 4) is 5.75 Å². The summed E-state index contributed by atoms with van der Waals surface area (Å²) in [6.07, 6.45) is 0.0122. The maximum atomic E-state index is 13.7. The van der Waals surface area contributed by atoms with Crippen molar-refractivity contribution in [2.24, 2.45) is 5.92 Å². The monoisotopic (exact) mass is 506 g/mol. The van der Waals surface area contributed by atoms with Gasteiger partial charge in [-0.25, -0.2) is 9.96 Å². The summed E-state index contributed by atoms with van der Waals surface area (Å²) in [7, 11) is 0. The lowest BCUT2D eigenvalue weighted by Gasteiger charge is -2.29. The molecule has 5 rings (SSSR count). The number of carbonyl (C=O) groups is 2. The van der Waals surface area contributed by atoms with Gasteiger partial charge in [0.2, 0.25) is 5.91 Å². The molecule has 2 amide bonds. The molecule has 3 atom stereocenters. The number of amides is 2. The fourth-order valence-electron chi connectivity index (χ4n) is 4.41. The van der Waals surface area contributed by atoms with Crippen LogP contribution in [-0.4, -0.2) is 24.5 Å². The molecule has 2 saturated heterocycles. The SMILES string of the molecule is CCCOc1ccc(N2C(=O)[C@@H]3[C@@H](ON(c4ccccc4)[C@H]3c3cccc(Br)c3)C2=O)cc1. The van der Waals surface area contributed by atoms with Crippen molar-refractivity contribution in [3.63, 3.8) is 0 Å². The third kappa shape index (κ3) is 3.92. The highest BCUT2D eigenvalue weighted by atomic mass is 79.9. The van der Waals surface area contributed by atoms with Gasteiger partial charge in [-0.15, -0.1) is 0 Å². The summed E-state index contributed by atoms with van der Waals surface area (Å²) in [5, 5.41) is 1.70. The number of hydrogen-bond acceptors (Lipinski definition) is 5. The average molecular weight is 507 g/mol. The topological polar surface area (TPSA) is 59.1 Å². The van der Waals surface area contributed by atoms with Crippen LogP contribution in [0, 0.1) is 5.92 Å². The van der Waals surface area contributed by atoms with Crippen molar-refractivity contribution in [2.45, 2.75) is 25.5 Å². The number of hydrogen-bond donors (Lipinski definition) is 0. The van der Waals surface area contributed by atoms with Crippen molar-refractivity contribution in [2.75, 3.05) is 16.6 Å². The number of nitrogens with zero attached hydrogens (tertiary/aromatic N) is 2. The number of ether oxygens (including phenoxy) is 1. The molecule has 0 spiro atoms. The minimum atomic E-state index is -0.891. The molecule has 3 aromatic rings. The molecule has 3 aromatic carbocycles. The Morgan fingerprint density at radius 1 is 0.909 bits per heavy atom. The molecule has 0 bridgehead atoms. The Kier molecular flexibility index (Phi) is 5.91. The quantitative estimate of drug-likeness (QED) is 0.425. The second-order valence-corrected chi connectivity index (χ2v) is 8.98. The molecule has 2 aliphatic rings. The molecule has 0 aliphatic carbocycles. The van der Waals surface area contributed by atoms with Crippen molar-refractivity contribution in [1.82, 2.24) is 0 Å². The average Bonchev–Trinajstić information content (AvgIpc) is 3.35. The Morgan fingerprint density at radius 2 is 1.67 bits per heavy atom. The van der Waals surface area contributed by atoms with Gasteiger partial charge >= 0.3 is 0 Å². The summed E-state index contributed by atoms with van der Waals surface area (Å²) in [6.45, 7) is 2.65. The third-order valence-electron chi connectivity index (χ3n) is 5.88. The highest BCUT2D eigenvalue weighted by Crippen LogP contribution is 2.47. The van der Waals surface area contributed by atoms with E-state index in [0.717, 1.165) is 22.1 Å². The number of rotatable bonds is 6. The Morgan fingerprint density at radius 3 is 2.36 bits per heavy atom. The van der Waals surface area contributed by atoms with Gasteiger partial charge in [0.05, 0.1) is 24.0 Å². The Balaban J connectivity index is 1.50. The number of carbonyl (C=O) groups excluding carboxylic acids is 2. The first-order valence-corrected chi connectivity index (χ1v) is 11.7. The van der Waals surface area contributed by atoms with Gasteiger partial charge in [0.1, 0.15) is 11.7 Å². The van der Waals surface area contributed by atoms with Gasteiger partial charge in [0.25, 0.3) is 5.91 Å². The summed E-state index contributed by atoms with van der Waals surface area (Å²) >= 11 is 3.52. The van der Waals surface area contributed by atoms with Crippen LogP contribution in [0.15, 0.2) is 83.3 Å². The molecule has 2 fully saturated rings. The van der Waals surface area contributed by atoms with Crippen LogP contribution in [0.3, 0.4) is 0 Å². The van der Waals surface area contributed by atoms with Gasteiger partial charge in [0.15, 0.2) is 6.10 Å². The lowest BCUT2D eigenvalue weighted by Crippen LogP contribution is -2.37. The van der Waals surface area contributed by atoms with Crippen LogP contribution in [0.1, 0.15) is 24.9 Å². The van der Waals surface area contributed by atoms with E-state index in [9.17, 15) is 9.59 Å². The van der Waals surface area contributed by atoms with E-state index < -0.39 is 18.1 Å². The van der Waals surface area contributed by atoms with E-state index in [1.165, 1.54) is 4.90 Å². The number of fused-ring (bicyclic) bond motifs is 1. The minimum absolute atomic E-state index is 0.268.